The van der Waals surface area contributed by atoms with Crippen LogP contribution in [0.4, 0.5) is 0 Å². The number of likely N-dealkylation sites (N-methyl/N-ethyl adjacent to an activating group) is 6. The molecule has 506 valence electrons. The smallest absolute Gasteiger partial charge is 0.413 e. The molecule has 1 unspecified atom stereocenters. The van der Waals surface area contributed by atoms with Crippen molar-refractivity contribution in [1.82, 2.24) is 45.8 Å². The third-order valence-corrected chi connectivity index (χ3v) is 16.9. The minimum atomic E-state index is -1.54. The first-order valence-corrected chi connectivity index (χ1v) is 32.3. The molecular formula is C63H116N11O13S+. The zero-order chi connectivity index (χ0) is 69.0. The van der Waals surface area contributed by atoms with Gasteiger partial charge in [-0.05, 0) is 95.6 Å². The second kappa shape index (κ2) is 37.0. The monoisotopic (exact) mass is 1270 g/mol. The SMILES string of the molecule is C=[N+](C(=O)[C@@H](C)NC(=O)[C@@H](C)NC(=O)[C@@H](CC(C)C)N(C)C(=O)[C@H](NC(=O)[C@H](CC(C)(C)O)N(C)C(=O)[C@H](SC)N(C)C(=O)[C@@H](CC)NC(=O)C[C@@H](O)[C@H](C)C/C=C/C)C(C)C)[C@H](CC(C)C)[N+](C)([O-])[C@H](CC(C)C)C(=O)N(C)[C@@H](C(=O)N(C)C)C(C)C. The molecular weight excluding hydrogens is 1150 g/mol. The second-order valence-electron chi connectivity index (χ2n) is 26.9. The summed E-state index contributed by atoms with van der Waals surface area (Å²) >= 11 is 1.00. The van der Waals surface area contributed by atoms with Crippen LogP contribution in [-0.4, -0.2) is 237 Å². The molecule has 13 atom stereocenters. The number of thioether (sulfide) groups is 1. The van der Waals surface area contributed by atoms with Crippen LogP contribution in [0.1, 0.15) is 163 Å². The molecule has 0 rings (SSSR count). The lowest BCUT2D eigenvalue weighted by Gasteiger charge is -2.49. The lowest BCUT2D eigenvalue weighted by Crippen LogP contribution is -2.66. The zero-order valence-electron chi connectivity index (χ0n) is 58.1. The van der Waals surface area contributed by atoms with E-state index in [0.29, 0.717) is 6.42 Å². The predicted molar refractivity (Wildman–Crippen MR) is 345 cm³/mol. The number of hydroxylamine groups is 3. The van der Waals surface area contributed by atoms with E-state index in [4.69, 9.17) is 0 Å². The summed E-state index contributed by atoms with van der Waals surface area (Å²) in [6, 6.07) is -9.63. The summed E-state index contributed by atoms with van der Waals surface area (Å²) in [5.41, 5.74) is -1.54. The van der Waals surface area contributed by atoms with Gasteiger partial charge >= 0.3 is 5.91 Å². The average Bonchev–Trinajstić information content (AvgIpc) is 1.06. The Labute approximate surface area is 531 Å². The van der Waals surface area contributed by atoms with E-state index in [1.807, 2.05) is 81.4 Å². The first kappa shape index (κ1) is 82.5. The van der Waals surface area contributed by atoms with Gasteiger partial charge in [-0.15, -0.1) is 16.3 Å². The Morgan fingerprint density at radius 1 is 0.648 bits per heavy atom. The second-order valence-corrected chi connectivity index (χ2v) is 27.8. The van der Waals surface area contributed by atoms with Gasteiger partial charge in [0.05, 0.1) is 31.6 Å². The number of nitrogens with zero attached hydrogens (tertiary/aromatic N) is 7. The molecule has 0 aliphatic heterocycles. The van der Waals surface area contributed by atoms with E-state index in [9.17, 15) is 58.2 Å². The largest absolute Gasteiger partial charge is 0.628 e. The molecule has 0 spiro atoms. The highest BCUT2D eigenvalue weighted by Gasteiger charge is 2.50. The van der Waals surface area contributed by atoms with Crippen molar-refractivity contribution >= 4 is 77.6 Å². The minimum Gasteiger partial charge on any atom is -0.628 e. The molecule has 24 nitrogen and oxygen atoms in total. The summed E-state index contributed by atoms with van der Waals surface area (Å²) in [5.74, 6) is -8.04. The van der Waals surface area contributed by atoms with Gasteiger partial charge in [0.1, 0.15) is 43.0 Å². The number of aliphatic hydroxyl groups is 2. The van der Waals surface area contributed by atoms with Gasteiger partial charge in [-0.2, -0.15) is 0 Å². The molecule has 0 aliphatic rings. The Morgan fingerprint density at radius 2 is 1.15 bits per heavy atom. The van der Waals surface area contributed by atoms with Crippen molar-refractivity contribution in [2.75, 3.05) is 55.6 Å². The summed E-state index contributed by atoms with van der Waals surface area (Å²) in [6.45, 7) is 33.2. The van der Waals surface area contributed by atoms with Crippen LogP contribution in [0.15, 0.2) is 12.2 Å². The van der Waals surface area contributed by atoms with Gasteiger partial charge in [0, 0.05) is 55.1 Å². The van der Waals surface area contributed by atoms with Crippen LogP contribution < -0.4 is 21.3 Å². The molecule has 88 heavy (non-hydrogen) atoms. The number of hydrogen-bond acceptors (Lipinski definition) is 14. The fourth-order valence-electron chi connectivity index (χ4n) is 10.4. The summed E-state index contributed by atoms with van der Waals surface area (Å²) in [4.78, 5) is 147. The normalized spacial score (nSPS) is 16.8. The third kappa shape index (κ3) is 24.7. The molecule has 0 radical (unpaired) electrons. The molecule has 0 saturated heterocycles. The van der Waals surface area contributed by atoms with E-state index in [-0.39, 0.29) is 74.0 Å². The number of carbonyl (C=O) groups excluding carboxylic acids is 10. The number of quaternary nitrogens is 1. The summed E-state index contributed by atoms with van der Waals surface area (Å²) < 4.78 is -0.223. The Balaban J connectivity index is 6.80. The van der Waals surface area contributed by atoms with E-state index in [1.165, 1.54) is 82.5 Å². The van der Waals surface area contributed by atoms with Crippen LogP contribution in [0.3, 0.4) is 0 Å². The Hall–Kier alpha value is -5.50. The van der Waals surface area contributed by atoms with E-state index in [2.05, 4.69) is 28.0 Å². The van der Waals surface area contributed by atoms with Gasteiger partial charge < -0.3 is 61.2 Å². The van der Waals surface area contributed by atoms with Crippen LogP contribution in [-0.2, 0) is 47.9 Å². The Morgan fingerprint density at radius 3 is 1.59 bits per heavy atom. The summed E-state index contributed by atoms with van der Waals surface area (Å²) in [6.07, 6.45) is 3.68. The number of carbonyl (C=O) groups is 10. The summed E-state index contributed by atoms with van der Waals surface area (Å²) in [5, 5.41) is 46.5. The van der Waals surface area contributed by atoms with Gasteiger partial charge in [0.25, 0.3) is 18.0 Å². The van der Waals surface area contributed by atoms with Crippen LogP contribution in [0.25, 0.3) is 0 Å². The number of rotatable bonds is 37. The zero-order valence-corrected chi connectivity index (χ0v) is 58.9. The van der Waals surface area contributed by atoms with Gasteiger partial charge in [0.2, 0.25) is 41.4 Å². The molecule has 0 heterocycles. The number of allylic oxidation sites excluding steroid dienone is 2. The fourth-order valence-corrected chi connectivity index (χ4v) is 11.2. The topological polar surface area (TPSA) is 302 Å². The number of aliphatic hydroxyl groups excluding tert-OH is 1. The van der Waals surface area contributed by atoms with E-state index >= 15 is 5.21 Å². The molecule has 6 N–H and O–H groups in total. The summed E-state index contributed by atoms with van der Waals surface area (Å²) in [7, 11) is 10.2. The lowest BCUT2D eigenvalue weighted by molar-refractivity contribution is -0.976. The van der Waals surface area contributed by atoms with Crippen molar-refractivity contribution < 1.29 is 67.4 Å². The van der Waals surface area contributed by atoms with Gasteiger partial charge in [0.15, 0.2) is 17.5 Å². The highest BCUT2D eigenvalue weighted by molar-refractivity contribution is 7.99. The Kier molecular flexibility index (Phi) is 34.7. The van der Waals surface area contributed by atoms with Crippen molar-refractivity contribution in [1.29, 1.82) is 0 Å². The Bertz CT molecular complexity index is 2390. The molecule has 10 amide bonds. The minimum absolute atomic E-state index is 0.109. The molecule has 0 saturated carbocycles. The maximum Gasteiger partial charge on any atom is 0.413 e. The molecule has 0 aliphatic carbocycles. The first-order chi connectivity index (χ1) is 40.3. The van der Waals surface area contributed by atoms with Crippen LogP contribution in [0.5, 0.6) is 0 Å². The van der Waals surface area contributed by atoms with Gasteiger partial charge in [-0.1, -0.05) is 95.2 Å². The number of hydrogen-bond donors (Lipinski definition) is 6. The molecule has 0 fully saturated rings. The highest BCUT2D eigenvalue weighted by atomic mass is 32.2. The third-order valence-electron chi connectivity index (χ3n) is 15.9. The maximum atomic E-state index is 15.2. The van der Waals surface area contributed by atoms with E-state index in [0.717, 1.165) is 21.2 Å². The van der Waals surface area contributed by atoms with Crippen molar-refractivity contribution in [3.05, 3.63) is 17.4 Å². The fraction of sp³-hybridized carbons (Fsp3) is 0.794. The average molecular weight is 1270 g/mol. The van der Waals surface area contributed by atoms with Crippen LogP contribution >= 0.6 is 11.8 Å². The van der Waals surface area contributed by atoms with Gasteiger partial charge in [-0.3, -0.25) is 47.8 Å². The molecule has 25 heteroatoms. The van der Waals surface area contributed by atoms with Crippen LogP contribution in [0.2, 0.25) is 0 Å². The van der Waals surface area contributed by atoms with E-state index < -0.39 is 135 Å². The van der Waals surface area contributed by atoms with Crippen molar-refractivity contribution in [3.63, 3.8) is 0 Å². The molecule has 0 aromatic rings. The first-order valence-electron chi connectivity index (χ1n) is 31.0. The van der Waals surface area contributed by atoms with Gasteiger partial charge in [-0.25, -0.2) is 4.79 Å². The number of amides is 10. The highest BCUT2D eigenvalue weighted by Crippen LogP contribution is 2.30. The van der Waals surface area contributed by atoms with Crippen molar-refractivity contribution in [2.24, 2.45) is 35.5 Å². The maximum absolute atomic E-state index is 15.2. The predicted octanol–water partition coefficient (Wildman–Crippen LogP) is 3.94. The molecule has 0 bridgehead atoms. The number of nitrogens with one attached hydrogen (secondary N) is 4. The lowest BCUT2D eigenvalue weighted by atomic mass is 9.95. The standard InChI is InChI=1S/C63H115N11O13S/c1-27-29-30-41(13)48(75)34-49(76)66-44(28-2)57(81)73(24)62(88-26)61(85)70(21)46(35-63(16,17)86)55(79)67-51(39(9)10)59(83)69(20)45(31-36(3)4)54(78)64-42(14)53(77)65-43(15)56(80)71(22)50(33-38(7)8)74(25,87)47(32-37(5)6)58(82)72(23)52(40(11)12)60(84)68(18)19/h27,29,36-48,50-52,62,75,86H,22,28,30-35H2,1-21,23-26H3,(H3-,64,65,66,67,76,77,78,79)/p+1/b29-27+/t41-,42-,43-,44-,45-,46+,47-,48-,50+,51-,52-,62+,74?/m1/s1. The quantitative estimate of drug-likeness (QED) is 0.0128. The molecule has 0 aromatic heterocycles. The van der Waals surface area contributed by atoms with Crippen molar-refractivity contribution in [2.45, 2.75) is 234 Å². The van der Waals surface area contributed by atoms with E-state index in [1.54, 1.807) is 41.1 Å². The molecule has 0 aromatic carbocycles. The van der Waals surface area contributed by atoms with Crippen LogP contribution in [0, 0.1) is 40.7 Å². The van der Waals surface area contributed by atoms with Crippen molar-refractivity contribution in [3.8, 4) is 0 Å².